The summed E-state index contributed by atoms with van der Waals surface area (Å²) >= 11 is -1.62. The van der Waals surface area contributed by atoms with Gasteiger partial charge in [-0.3, -0.25) is 8.37 Å². The zero-order valence-electron chi connectivity index (χ0n) is 16.2. The van der Waals surface area contributed by atoms with Crippen molar-refractivity contribution in [2.45, 2.75) is 58.2 Å². The molecule has 27 heavy (non-hydrogen) atoms. The highest BCUT2D eigenvalue weighted by Crippen LogP contribution is 2.63. The summed E-state index contributed by atoms with van der Waals surface area (Å²) < 4.78 is 28.2. The number of aliphatic hydroxyl groups excluding tert-OH is 1. The molecule has 0 bridgehead atoms. The monoisotopic (exact) mass is 394 g/mol. The molecule has 5 nitrogen and oxygen atoms in total. The molecule has 0 aromatic rings. The van der Waals surface area contributed by atoms with Crippen molar-refractivity contribution in [3.8, 4) is 0 Å². The van der Waals surface area contributed by atoms with Gasteiger partial charge in [-0.25, -0.2) is 0 Å². The van der Waals surface area contributed by atoms with Crippen molar-refractivity contribution in [3.05, 3.63) is 36.1 Å². The van der Waals surface area contributed by atoms with E-state index in [0.717, 1.165) is 37.7 Å². The summed E-state index contributed by atoms with van der Waals surface area (Å²) in [5, 5.41) is 10.1. The van der Waals surface area contributed by atoms with E-state index in [9.17, 15) is 9.32 Å². The lowest BCUT2D eigenvalue weighted by Crippen LogP contribution is -2.60. The second-order valence-corrected chi connectivity index (χ2v) is 9.89. The molecule has 4 fully saturated rings. The highest BCUT2D eigenvalue weighted by molar-refractivity contribution is 7.75. The molecule has 4 aliphatic rings. The minimum atomic E-state index is -1.62. The van der Waals surface area contributed by atoms with Crippen LogP contribution in [0.2, 0.25) is 0 Å². The van der Waals surface area contributed by atoms with Gasteiger partial charge in [0.1, 0.15) is 18.5 Å². The first-order valence-corrected chi connectivity index (χ1v) is 10.9. The Morgan fingerprint density at radius 1 is 1.30 bits per heavy atom. The van der Waals surface area contributed by atoms with Crippen LogP contribution in [0, 0.1) is 22.7 Å². The van der Waals surface area contributed by atoms with Crippen molar-refractivity contribution in [1.82, 2.24) is 0 Å². The molecule has 2 aliphatic heterocycles. The van der Waals surface area contributed by atoms with Gasteiger partial charge in [0.2, 0.25) is 0 Å². The average Bonchev–Trinajstić information content (AvgIpc) is 2.93. The van der Waals surface area contributed by atoms with Crippen LogP contribution >= 0.6 is 0 Å². The molecule has 2 saturated carbocycles. The molecule has 2 aliphatic carbocycles. The van der Waals surface area contributed by atoms with Gasteiger partial charge < -0.3 is 9.84 Å². The molecule has 2 saturated heterocycles. The normalized spacial score (nSPS) is 48.9. The van der Waals surface area contributed by atoms with Crippen LogP contribution in [0.15, 0.2) is 36.1 Å². The van der Waals surface area contributed by atoms with Crippen LogP contribution in [-0.2, 0) is 24.5 Å². The molecular formula is C21H30O5S. The Morgan fingerprint density at radius 2 is 2.07 bits per heavy atom. The van der Waals surface area contributed by atoms with Crippen LogP contribution in [0.1, 0.15) is 46.0 Å². The van der Waals surface area contributed by atoms with Gasteiger partial charge in [-0.2, -0.15) is 4.21 Å². The lowest BCUT2D eigenvalue weighted by Gasteiger charge is -2.61. The third-order valence-corrected chi connectivity index (χ3v) is 8.35. The molecular weight excluding hydrogens is 364 g/mol. The van der Waals surface area contributed by atoms with E-state index >= 15 is 0 Å². The van der Waals surface area contributed by atoms with Gasteiger partial charge in [-0.1, -0.05) is 38.7 Å². The minimum Gasteiger partial charge on any atom is -0.491 e. The molecule has 2 heterocycles. The molecule has 1 N–H and O–H groups in total. The van der Waals surface area contributed by atoms with Crippen molar-refractivity contribution in [1.29, 1.82) is 0 Å². The summed E-state index contributed by atoms with van der Waals surface area (Å²) in [6.07, 6.45) is 6.28. The zero-order chi connectivity index (χ0) is 19.4. The van der Waals surface area contributed by atoms with Gasteiger partial charge in [0.05, 0.1) is 12.7 Å². The Kier molecular flexibility index (Phi) is 4.90. The summed E-state index contributed by atoms with van der Waals surface area (Å²) in [6.45, 7) is 13.7. The standard InChI is InChI=1S/C21H30O5S/c1-13-5-8-18-20(3,10-9-19-21(18,4)12-25-27(23)26-19)16(13)7-6-15-14(2)24-11-17(15)22/h6,16-19,22H,1-2,5,7-12H2,3-4H3/b15-6-/t16-,17+,18+,19-,20+,21+,27+/m1/s1. The Labute approximate surface area is 164 Å². The predicted molar refractivity (Wildman–Crippen MR) is 104 cm³/mol. The Morgan fingerprint density at radius 3 is 2.78 bits per heavy atom. The predicted octanol–water partition coefficient (Wildman–Crippen LogP) is 3.59. The highest BCUT2D eigenvalue weighted by Gasteiger charge is 2.60. The molecule has 6 heteroatoms. The average molecular weight is 395 g/mol. The maximum atomic E-state index is 11.7. The number of ether oxygens (including phenoxy) is 1. The van der Waals surface area contributed by atoms with E-state index < -0.39 is 17.5 Å². The van der Waals surface area contributed by atoms with E-state index in [0.29, 0.717) is 30.8 Å². The van der Waals surface area contributed by atoms with E-state index in [1.807, 2.05) is 0 Å². The SMILES string of the molecule is C=C1OC[C@H](O)/C1=C\C[C@@H]1C(=C)CC[C@@H]2[C@]3(C)CO[S@](=O)O[C@@H]3CC[C@]21C. The molecule has 0 radical (unpaired) electrons. The Hall–Kier alpha value is -0.950. The number of fused-ring (bicyclic) bond motifs is 3. The van der Waals surface area contributed by atoms with E-state index in [4.69, 9.17) is 13.1 Å². The van der Waals surface area contributed by atoms with E-state index in [1.165, 1.54) is 5.57 Å². The molecule has 0 aromatic carbocycles. The summed E-state index contributed by atoms with van der Waals surface area (Å²) in [6, 6.07) is 0. The van der Waals surface area contributed by atoms with Crippen LogP contribution in [-0.4, -0.2) is 34.7 Å². The quantitative estimate of drug-likeness (QED) is 0.725. The summed E-state index contributed by atoms with van der Waals surface area (Å²) in [7, 11) is 0. The molecule has 150 valence electrons. The lowest BCUT2D eigenvalue weighted by atomic mass is 9.46. The second-order valence-electron chi connectivity index (χ2n) is 9.05. The fraction of sp³-hybridized carbons (Fsp3) is 0.714. The first kappa shape index (κ1) is 19.4. The molecule has 0 aromatic heterocycles. The minimum absolute atomic E-state index is 0.0136. The third kappa shape index (κ3) is 3.05. The van der Waals surface area contributed by atoms with Gasteiger partial charge in [-0.05, 0) is 49.4 Å². The van der Waals surface area contributed by atoms with Crippen molar-refractivity contribution in [3.63, 3.8) is 0 Å². The summed E-state index contributed by atoms with van der Waals surface area (Å²) in [5.74, 6) is 1.33. The smallest absolute Gasteiger partial charge is 0.304 e. The zero-order valence-corrected chi connectivity index (χ0v) is 17.1. The van der Waals surface area contributed by atoms with Crippen LogP contribution in [0.4, 0.5) is 0 Å². The molecule has 0 spiro atoms. The van der Waals surface area contributed by atoms with Crippen LogP contribution in [0.3, 0.4) is 0 Å². The number of aliphatic hydroxyl groups is 1. The largest absolute Gasteiger partial charge is 0.491 e. The van der Waals surface area contributed by atoms with Gasteiger partial charge >= 0.3 is 11.4 Å². The first-order valence-electron chi connectivity index (χ1n) is 9.86. The van der Waals surface area contributed by atoms with Crippen LogP contribution < -0.4 is 0 Å². The van der Waals surface area contributed by atoms with Gasteiger partial charge in [0, 0.05) is 11.0 Å². The van der Waals surface area contributed by atoms with Crippen LogP contribution in [0.5, 0.6) is 0 Å². The second kappa shape index (κ2) is 6.83. The summed E-state index contributed by atoms with van der Waals surface area (Å²) in [4.78, 5) is 0. The van der Waals surface area contributed by atoms with Crippen molar-refractivity contribution in [2.75, 3.05) is 13.2 Å². The highest BCUT2D eigenvalue weighted by atomic mass is 32.2. The lowest BCUT2D eigenvalue weighted by molar-refractivity contribution is -0.154. The molecule has 4 rings (SSSR count). The first-order chi connectivity index (χ1) is 12.8. The van der Waals surface area contributed by atoms with Gasteiger partial charge in [0.25, 0.3) is 0 Å². The molecule has 0 unspecified atom stereocenters. The van der Waals surface area contributed by atoms with Gasteiger partial charge in [0.15, 0.2) is 0 Å². The van der Waals surface area contributed by atoms with E-state index in [2.05, 4.69) is 33.1 Å². The van der Waals surface area contributed by atoms with Gasteiger partial charge in [-0.15, -0.1) is 0 Å². The molecule has 0 amide bonds. The molecule has 7 atom stereocenters. The van der Waals surface area contributed by atoms with Crippen LogP contribution in [0.25, 0.3) is 0 Å². The maximum absolute atomic E-state index is 11.7. The number of allylic oxidation sites excluding steroid dienone is 2. The number of rotatable bonds is 2. The summed E-state index contributed by atoms with van der Waals surface area (Å²) in [5.41, 5.74) is 2.04. The fourth-order valence-electron chi connectivity index (χ4n) is 6.09. The fourth-order valence-corrected chi connectivity index (χ4v) is 7.00. The number of hydrogen-bond donors (Lipinski definition) is 1. The third-order valence-electron chi connectivity index (χ3n) is 7.65. The van der Waals surface area contributed by atoms with E-state index in [1.54, 1.807) is 0 Å². The van der Waals surface area contributed by atoms with Crippen molar-refractivity contribution < 1.29 is 22.4 Å². The number of hydrogen-bond acceptors (Lipinski definition) is 5. The van der Waals surface area contributed by atoms with E-state index in [-0.39, 0.29) is 16.9 Å². The topological polar surface area (TPSA) is 65.0 Å². The van der Waals surface area contributed by atoms with Crippen molar-refractivity contribution >= 4 is 11.4 Å². The Balaban J connectivity index is 1.62. The Bertz CT molecular complexity index is 715. The maximum Gasteiger partial charge on any atom is 0.304 e. The van der Waals surface area contributed by atoms with Crippen molar-refractivity contribution in [2.24, 2.45) is 22.7 Å².